The van der Waals surface area contributed by atoms with Gasteiger partial charge < -0.3 is 9.47 Å². The average molecular weight is 257 g/mol. The summed E-state index contributed by atoms with van der Waals surface area (Å²) < 4.78 is 10.2. The average Bonchev–Trinajstić information content (AvgIpc) is 2.38. The summed E-state index contributed by atoms with van der Waals surface area (Å²) in [7, 11) is 1.37. The van der Waals surface area contributed by atoms with Crippen LogP contribution in [0.1, 0.15) is 18.5 Å². The van der Waals surface area contributed by atoms with Crippen LogP contribution in [0.25, 0.3) is 0 Å². The van der Waals surface area contributed by atoms with Crippen LogP contribution in [0.15, 0.2) is 12.4 Å². The summed E-state index contributed by atoms with van der Waals surface area (Å²) in [6.45, 7) is 1.01. The van der Waals surface area contributed by atoms with Crippen molar-refractivity contribution in [3.63, 3.8) is 0 Å². The van der Waals surface area contributed by atoms with E-state index in [2.05, 4.69) is 9.97 Å². The highest BCUT2D eigenvalue weighted by Crippen LogP contribution is 2.35. The summed E-state index contributed by atoms with van der Waals surface area (Å²) in [5.41, 5.74) is -0.217. The maximum atomic E-state index is 12.0. The molecule has 1 saturated heterocycles. The van der Waals surface area contributed by atoms with Gasteiger partial charge in [0, 0.05) is 19.4 Å². The standard InChI is InChI=1S/C11H13ClN2O3/c1-16-10(15)11(2-4-17-5-3-11)8-6-13-7-9(12)14-8/h6-7H,2-5H2,1H3. The Morgan fingerprint density at radius 2 is 2.18 bits per heavy atom. The Morgan fingerprint density at radius 3 is 2.76 bits per heavy atom. The molecular formula is C11H13ClN2O3. The molecule has 6 heteroatoms. The Hall–Kier alpha value is -1.20. The highest BCUT2D eigenvalue weighted by Gasteiger charge is 2.44. The molecule has 0 bridgehead atoms. The first kappa shape index (κ1) is 12.3. The summed E-state index contributed by atoms with van der Waals surface area (Å²) in [6, 6.07) is 0. The maximum absolute atomic E-state index is 12.0. The van der Waals surface area contributed by atoms with E-state index < -0.39 is 5.41 Å². The molecule has 0 saturated carbocycles. The zero-order chi connectivity index (χ0) is 12.3. The van der Waals surface area contributed by atoms with Gasteiger partial charge in [-0.25, -0.2) is 4.98 Å². The van der Waals surface area contributed by atoms with Crippen LogP contribution in [0.5, 0.6) is 0 Å². The number of carbonyl (C=O) groups is 1. The summed E-state index contributed by atoms with van der Waals surface area (Å²) in [5, 5.41) is 0.275. The molecule has 0 N–H and O–H groups in total. The fraction of sp³-hybridized carbons (Fsp3) is 0.545. The lowest BCUT2D eigenvalue weighted by atomic mass is 9.77. The molecule has 1 fully saturated rings. The monoisotopic (exact) mass is 256 g/mol. The molecule has 0 aliphatic carbocycles. The first-order valence-electron chi connectivity index (χ1n) is 5.33. The molecule has 0 spiro atoms. The molecular weight excluding hydrogens is 244 g/mol. The van der Waals surface area contributed by atoms with Gasteiger partial charge in [-0.2, -0.15) is 0 Å². The second kappa shape index (κ2) is 4.98. The van der Waals surface area contributed by atoms with Gasteiger partial charge in [-0.15, -0.1) is 0 Å². The molecule has 0 unspecified atom stereocenters. The number of aromatic nitrogens is 2. The van der Waals surface area contributed by atoms with E-state index in [1.54, 1.807) is 6.20 Å². The number of nitrogens with zero attached hydrogens (tertiary/aromatic N) is 2. The number of carbonyl (C=O) groups excluding carboxylic acids is 1. The van der Waals surface area contributed by atoms with Crippen LogP contribution in [-0.2, 0) is 19.7 Å². The van der Waals surface area contributed by atoms with Gasteiger partial charge in [-0.05, 0) is 12.8 Å². The summed E-state index contributed by atoms with van der Waals surface area (Å²) in [5.74, 6) is -0.308. The predicted molar refractivity (Wildman–Crippen MR) is 60.8 cm³/mol. The second-order valence-corrected chi connectivity index (χ2v) is 4.30. The SMILES string of the molecule is COC(=O)C1(c2cncc(Cl)n2)CCOCC1. The Kier molecular flexibility index (Phi) is 3.59. The number of hydrogen-bond acceptors (Lipinski definition) is 5. The van der Waals surface area contributed by atoms with Crippen LogP contribution in [0.2, 0.25) is 5.15 Å². The molecule has 2 rings (SSSR count). The normalized spacial score (nSPS) is 18.7. The van der Waals surface area contributed by atoms with Crippen LogP contribution in [0.3, 0.4) is 0 Å². The number of esters is 1. The first-order chi connectivity index (χ1) is 8.19. The lowest BCUT2D eigenvalue weighted by Crippen LogP contribution is -2.43. The fourth-order valence-corrected chi connectivity index (χ4v) is 2.20. The molecule has 92 valence electrons. The van der Waals surface area contributed by atoms with E-state index in [1.165, 1.54) is 13.3 Å². The van der Waals surface area contributed by atoms with Gasteiger partial charge in [0.1, 0.15) is 10.6 Å². The number of rotatable bonds is 2. The van der Waals surface area contributed by atoms with Gasteiger partial charge in [-0.3, -0.25) is 9.78 Å². The molecule has 1 aliphatic rings. The lowest BCUT2D eigenvalue weighted by molar-refractivity contribution is -0.151. The van der Waals surface area contributed by atoms with Gasteiger partial charge in [0.25, 0.3) is 0 Å². The van der Waals surface area contributed by atoms with Crippen molar-refractivity contribution in [2.75, 3.05) is 20.3 Å². The molecule has 1 aliphatic heterocycles. The lowest BCUT2D eigenvalue weighted by Gasteiger charge is -2.33. The smallest absolute Gasteiger partial charge is 0.318 e. The van der Waals surface area contributed by atoms with Gasteiger partial charge >= 0.3 is 5.97 Å². The summed E-state index contributed by atoms with van der Waals surface area (Å²) >= 11 is 5.82. The largest absolute Gasteiger partial charge is 0.468 e. The zero-order valence-electron chi connectivity index (χ0n) is 9.48. The quantitative estimate of drug-likeness (QED) is 0.748. The summed E-state index contributed by atoms with van der Waals surface area (Å²) in [6.07, 6.45) is 4.08. The molecule has 1 aromatic heterocycles. The van der Waals surface area contributed by atoms with Crippen molar-refractivity contribution in [1.29, 1.82) is 0 Å². The van der Waals surface area contributed by atoms with Crippen LogP contribution in [0, 0.1) is 0 Å². The molecule has 1 aromatic rings. The molecule has 0 amide bonds. The molecule has 2 heterocycles. The molecule has 0 aromatic carbocycles. The number of halogens is 1. The van der Waals surface area contributed by atoms with Gasteiger partial charge in [0.05, 0.1) is 19.0 Å². The third kappa shape index (κ3) is 2.25. The van der Waals surface area contributed by atoms with E-state index in [4.69, 9.17) is 21.1 Å². The van der Waals surface area contributed by atoms with Crippen molar-refractivity contribution in [2.24, 2.45) is 0 Å². The zero-order valence-corrected chi connectivity index (χ0v) is 10.2. The Labute approximate surface area is 104 Å². The Morgan fingerprint density at radius 1 is 1.47 bits per heavy atom. The van der Waals surface area contributed by atoms with E-state index in [9.17, 15) is 4.79 Å². The van der Waals surface area contributed by atoms with Gasteiger partial charge in [0.2, 0.25) is 0 Å². The van der Waals surface area contributed by atoms with E-state index in [1.807, 2.05) is 0 Å². The minimum atomic E-state index is -0.773. The van der Waals surface area contributed by atoms with Crippen molar-refractivity contribution in [3.8, 4) is 0 Å². The van der Waals surface area contributed by atoms with Crippen molar-refractivity contribution >= 4 is 17.6 Å². The van der Waals surface area contributed by atoms with Gasteiger partial charge in [-0.1, -0.05) is 11.6 Å². The predicted octanol–water partition coefficient (Wildman–Crippen LogP) is 1.35. The van der Waals surface area contributed by atoms with E-state index >= 15 is 0 Å². The van der Waals surface area contributed by atoms with Crippen LogP contribution in [-0.4, -0.2) is 36.3 Å². The molecule has 5 nitrogen and oxygen atoms in total. The second-order valence-electron chi connectivity index (χ2n) is 3.91. The Bertz CT molecular complexity index is 419. The van der Waals surface area contributed by atoms with Crippen molar-refractivity contribution in [3.05, 3.63) is 23.2 Å². The summed E-state index contributed by atoms with van der Waals surface area (Å²) in [4.78, 5) is 20.2. The maximum Gasteiger partial charge on any atom is 0.318 e. The first-order valence-corrected chi connectivity index (χ1v) is 5.71. The highest BCUT2D eigenvalue weighted by molar-refractivity contribution is 6.29. The van der Waals surface area contributed by atoms with Crippen molar-refractivity contribution in [2.45, 2.75) is 18.3 Å². The molecule has 0 atom stereocenters. The molecule has 17 heavy (non-hydrogen) atoms. The topological polar surface area (TPSA) is 61.3 Å². The van der Waals surface area contributed by atoms with Crippen LogP contribution in [0.4, 0.5) is 0 Å². The van der Waals surface area contributed by atoms with E-state index in [0.29, 0.717) is 31.7 Å². The van der Waals surface area contributed by atoms with Gasteiger partial charge in [0.15, 0.2) is 0 Å². The van der Waals surface area contributed by atoms with Crippen molar-refractivity contribution < 1.29 is 14.3 Å². The van der Waals surface area contributed by atoms with Crippen LogP contribution < -0.4 is 0 Å². The number of hydrogen-bond donors (Lipinski definition) is 0. The number of ether oxygens (including phenoxy) is 2. The van der Waals surface area contributed by atoms with Crippen LogP contribution >= 0.6 is 11.6 Å². The highest BCUT2D eigenvalue weighted by atomic mass is 35.5. The van der Waals surface area contributed by atoms with Crippen molar-refractivity contribution in [1.82, 2.24) is 9.97 Å². The Balaban J connectivity index is 2.42. The minimum absolute atomic E-state index is 0.275. The third-order valence-corrected chi connectivity index (χ3v) is 3.20. The third-order valence-electron chi connectivity index (χ3n) is 3.02. The van der Waals surface area contributed by atoms with E-state index in [0.717, 1.165) is 0 Å². The fourth-order valence-electron chi connectivity index (χ4n) is 2.05. The van der Waals surface area contributed by atoms with E-state index in [-0.39, 0.29) is 11.1 Å². The molecule has 0 radical (unpaired) electrons. The number of methoxy groups -OCH3 is 1. The minimum Gasteiger partial charge on any atom is -0.468 e.